The maximum Gasteiger partial charge on any atom is 0.187 e. The van der Waals surface area contributed by atoms with E-state index >= 15 is 0 Å². The summed E-state index contributed by atoms with van der Waals surface area (Å²) in [5.41, 5.74) is 2.18. The number of rotatable bonds is 2. The number of nitrogens with zero attached hydrogens (tertiary/aromatic N) is 2. The highest BCUT2D eigenvalue weighted by molar-refractivity contribution is 6.99. The van der Waals surface area contributed by atoms with E-state index in [0.29, 0.717) is 11.0 Å². The smallest absolute Gasteiger partial charge is 0.187 e. The molecular formula is C9H8ClN3S. The van der Waals surface area contributed by atoms with Crippen molar-refractivity contribution in [2.24, 2.45) is 0 Å². The van der Waals surface area contributed by atoms with Gasteiger partial charge >= 0.3 is 0 Å². The Balaban J connectivity index is 2.19. The van der Waals surface area contributed by atoms with Crippen LogP contribution in [0.3, 0.4) is 0 Å². The molecule has 0 unspecified atom stereocenters. The molecule has 0 aliphatic heterocycles. The third kappa shape index (κ3) is 2.02. The summed E-state index contributed by atoms with van der Waals surface area (Å²) in [5.74, 6) is 0.612. The number of aromatic nitrogens is 2. The largest absolute Gasteiger partial charge is 0.337 e. The fourth-order valence-corrected chi connectivity index (χ4v) is 1.67. The zero-order chi connectivity index (χ0) is 9.97. The fourth-order valence-electron chi connectivity index (χ4n) is 1.03. The summed E-state index contributed by atoms with van der Waals surface area (Å²) in [6.45, 7) is 2.04. The number of nitrogens with one attached hydrogen (secondary N) is 1. The second-order valence-electron chi connectivity index (χ2n) is 2.89. The van der Waals surface area contributed by atoms with Gasteiger partial charge in [-0.3, -0.25) is 0 Å². The highest BCUT2D eigenvalue weighted by Gasteiger charge is 2.04. The first kappa shape index (κ1) is 9.43. The summed E-state index contributed by atoms with van der Waals surface area (Å²) in [6.07, 6.45) is 0. The molecule has 0 amide bonds. The second kappa shape index (κ2) is 3.94. The topological polar surface area (TPSA) is 37.8 Å². The van der Waals surface area contributed by atoms with Crippen molar-refractivity contribution in [1.82, 2.24) is 8.75 Å². The Hall–Kier alpha value is -1.13. The molecule has 2 rings (SSSR count). The van der Waals surface area contributed by atoms with E-state index in [1.54, 1.807) is 0 Å². The first-order valence-electron chi connectivity index (χ1n) is 4.07. The lowest BCUT2D eigenvalue weighted by atomic mass is 10.2. The molecule has 0 aliphatic carbocycles. The van der Waals surface area contributed by atoms with Crippen LogP contribution in [0.15, 0.2) is 24.3 Å². The molecule has 1 heterocycles. The number of halogens is 1. The van der Waals surface area contributed by atoms with E-state index < -0.39 is 0 Å². The van der Waals surface area contributed by atoms with Crippen molar-refractivity contribution >= 4 is 34.8 Å². The normalized spacial score (nSPS) is 10.1. The molecule has 1 aromatic heterocycles. The maximum absolute atomic E-state index is 5.80. The molecule has 1 N–H and O–H groups in total. The van der Waals surface area contributed by atoms with Gasteiger partial charge in [0.15, 0.2) is 11.0 Å². The van der Waals surface area contributed by atoms with Crippen molar-refractivity contribution < 1.29 is 0 Å². The van der Waals surface area contributed by atoms with Gasteiger partial charge in [0.2, 0.25) is 0 Å². The van der Waals surface area contributed by atoms with Crippen LogP contribution in [0.1, 0.15) is 5.56 Å². The van der Waals surface area contributed by atoms with Gasteiger partial charge in [-0.25, -0.2) is 0 Å². The molecule has 3 nitrogen and oxygen atoms in total. The van der Waals surface area contributed by atoms with Crippen LogP contribution < -0.4 is 5.32 Å². The number of anilines is 2. The predicted molar refractivity (Wildman–Crippen MR) is 59.4 cm³/mol. The van der Waals surface area contributed by atoms with Crippen molar-refractivity contribution in [2.45, 2.75) is 6.92 Å². The molecule has 0 atom stereocenters. The van der Waals surface area contributed by atoms with Gasteiger partial charge in [0.1, 0.15) is 0 Å². The number of hydrogen-bond donors (Lipinski definition) is 1. The molecule has 0 saturated heterocycles. The quantitative estimate of drug-likeness (QED) is 0.853. The molecule has 72 valence electrons. The van der Waals surface area contributed by atoms with Crippen molar-refractivity contribution in [1.29, 1.82) is 0 Å². The van der Waals surface area contributed by atoms with Gasteiger partial charge < -0.3 is 5.32 Å². The standard InChI is InChI=1S/C9H8ClN3S/c1-6-2-4-7(5-3-6)11-9-8(10)12-14-13-9/h2-5H,1H3,(H,11,13). The Kier molecular flexibility index (Phi) is 2.65. The summed E-state index contributed by atoms with van der Waals surface area (Å²) >= 11 is 6.89. The minimum absolute atomic E-state index is 0.413. The molecule has 0 spiro atoms. The summed E-state index contributed by atoms with van der Waals surface area (Å²) in [7, 11) is 0. The highest BCUT2D eigenvalue weighted by Crippen LogP contribution is 2.22. The van der Waals surface area contributed by atoms with Gasteiger partial charge in [0.25, 0.3) is 0 Å². The minimum atomic E-state index is 0.413. The first-order valence-corrected chi connectivity index (χ1v) is 5.18. The summed E-state index contributed by atoms with van der Waals surface area (Å²) in [6, 6.07) is 8.00. The molecule has 0 radical (unpaired) electrons. The Bertz CT molecular complexity index is 424. The van der Waals surface area contributed by atoms with E-state index in [2.05, 4.69) is 14.1 Å². The van der Waals surface area contributed by atoms with Crippen LogP contribution in [-0.2, 0) is 0 Å². The number of hydrogen-bond acceptors (Lipinski definition) is 4. The molecule has 0 saturated carbocycles. The van der Waals surface area contributed by atoms with E-state index in [1.807, 2.05) is 31.2 Å². The second-order valence-corrected chi connectivity index (χ2v) is 3.78. The van der Waals surface area contributed by atoms with Gasteiger partial charge in [-0.15, -0.1) is 0 Å². The average Bonchev–Trinajstić information content (AvgIpc) is 2.56. The molecule has 0 bridgehead atoms. The first-order chi connectivity index (χ1) is 6.75. The van der Waals surface area contributed by atoms with Gasteiger partial charge in [-0.2, -0.15) is 8.75 Å². The van der Waals surface area contributed by atoms with Crippen molar-refractivity contribution in [2.75, 3.05) is 5.32 Å². The van der Waals surface area contributed by atoms with Crippen LogP contribution in [0.2, 0.25) is 5.15 Å². The Labute approximate surface area is 91.1 Å². The summed E-state index contributed by atoms with van der Waals surface area (Å²) in [5, 5.41) is 3.50. The lowest BCUT2D eigenvalue weighted by Crippen LogP contribution is -1.90. The maximum atomic E-state index is 5.80. The average molecular weight is 226 g/mol. The highest BCUT2D eigenvalue weighted by atomic mass is 35.5. The molecular weight excluding hydrogens is 218 g/mol. The summed E-state index contributed by atoms with van der Waals surface area (Å²) < 4.78 is 7.88. The van der Waals surface area contributed by atoms with E-state index in [0.717, 1.165) is 17.4 Å². The minimum Gasteiger partial charge on any atom is -0.337 e. The van der Waals surface area contributed by atoms with E-state index in [1.165, 1.54) is 5.56 Å². The Morgan fingerprint density at radius 3 is 2.50 bits per heavy atom. The number of benzene rings is 1. The molecule has 2 aromatic rings. The van der Waals surface area contributed by atoms with E-state index in [4.69, 9.17) is 11.6 Å². The van der Waals surface area contributed by atoms with Crippen molar-refractivity contribution in [3.8, 4) is 0 Å². The van der Waals surface area contributed by atoms with E-state index in [9.17, 15) is 0 Å². The molecule has 5 heteroatoms. The predicted octanol–water partition coefficient (Wildman–Crippen LogP) is 3.24. The number of aryl methyl sites for hydroxylation is 1. The van der Waals surface area contributed by atoms with Gasteiger partial charge in [-0.05, 0) is 19.1 Å². The summed E-state index contributed by atoms with van der Waals surface area (Å²) in [4.78, 5) is 0. The van der Waals surface area contributed by atoms with Crippen molar-refractivity contribution in [3.63, 3.8) is 0 Å². The van der Waals surface area contributed by atoms with Crippen LogP contribution in [0.25, 0.3) is 0 Å². The zero-order valence-corrected chi connectivity index (χ0v) is 9.06. The lowest BCUT2D eigenvalue weighted by molar-refractivity contribution is 1.42. The third-order valence-electron chi connectivity index (χ3n) is 1.76. The monoisotopic (exact) mass is 225 g/mol. The molecule has 1 aromatic carbocycles. The Morgan fingerprint density at radius 1 is 1.21 bits per heavy atom. The lowest BCUT2D eigenvalue weighted by Gasteiger charge is -2.02. The van der Waals surface area contributed by atoms with Crippen LogP contribution in [-0.4, -0.2) is 8.75 Å². The molecule has 0 aliphatic rings. The SMILES string of the molecule is Cc1ccc(Nc2nsnc2Cl)cc1. The van der Waals surface area contributed by atoms with Gasteiger partial charge in [-0.1, -0.05) is 29.3 Å². The fraction of sp³-hybridized carbons (Fsp3) is 0.111. The van der Waals surface area contributed by atoms with Gasteiger partial charge in [0, 0.05) is 5.69 Å². The van der Waals surface area contributed by atoms with Crippen LogP contribution in [0, 0.1) is 6.92 Å². The zero-order valence-electron chi connectivity index (χ0n) is 7.49. The Morgan fingerprint density at radius 2 is 1.93 bits per heavy atom. The van der Waals surface area contributed by atoms with Crippen molar-refractivity contribution in [3.05, 3.63) is 35.0 Å². The third-order valence-corrected chi connectivity index (χ3v) is 2.65. The van der Waals surface area contributed by atoms with Crippen LogP contribution in [0.5, 0.6) is 0 Å². The van der Waals surface area contributed by atoms with Crippen LogP contribution >= 0.6 is 23.3 Å². The molecule has 0 fully saturated rings. The van der Waals surface area contributed by atoms with Crippen LogP contribution in [0.4, 0.5) is 11.5 Å². The van der Waals surface area contributed by atoms with E-state index in [-0.39, 0.29) is 0 Å². The molecule has 14 heavy (non-hydrogen) atoms. The van der Waals surface area contributed by atoms with Gasteiger partial charge in [0.05, 0.1) is 11.7 Å².